The van der Waals surface area contributed by atoms with Gasteiger partial charge >= 0.3 is 29.2 Å². The molecule has 43 heavy (non-hydrogen) atoms. The van der Waals surface area contributed by atoms with Crippen molar-refractivity contribution in [2.75, 3.05) is 6.61 Å². The first-order valence-corrected chi connectivity index (χ1v) is 16.7. The molecule has 234 valence electrons. The van der Waals surface area contributed by atoms with Crippen molar-refractivity contribution in [2.24, 2.45) is 0 Å². The van der Waals surface area contributed by atoms with E-state index in [1.165, 1.54) is 6.20 Å². The maximum atomic E-state index is 13.3. The highest BCUT2D eigenvalue weighted by molar-refractivity contribution is 7.66. The third-order valence-electron chi connectivity index (χ3n) is 5.84. The fraction of sp³-hybridized carbons (Fsp3) is 0.286. The van der Waals surface area contributed by atoms with Crippen molar-refractivity contribution in [3.8, 4) is 11.1 Å². The van der Waals surface area contributed by atoms with Gasteiger partial charge in [0, 0.05) is 24.0 Å². The summed E-state index contributed by atoms with van der Waals surface area (Å²) in [7, 11) is -17.0. The standard InChI is InChI=1S/C21H23ClN3O15P3/c22-15-9-23-13(8-14(15)12-4-2-1-3-5-12)10-25-17(26)6-7-24(21(25)29)20-19(28)18(27)16(38-20)11-37-42(33,34)40-43(35,36)39-41(30,31)32/h1-9,16,18-20,27-28H,10-11H2,(H,33,34)(H,35,36)(H2,30,31,32)/t16-,18?,19+,20-/m1/s1. The smallest absolute Gasteiger partial charge is 0.387 e. The van der Waals surface area contributed by atoms with E-state index in [4.69, 9.17) is 26.1 Å². The molecule has 0 radical (unpaired) electrons. The number of pyridine rings is 1. The van der Waals surface area contributed by atoms with Gasteiger partial charge in [-0.25, -0.2) is 18.5 Å². The van der Waals surface area contributed by atoms with Crippen LogP contribution in [0.2, 0.25) is 5.02 Å². The highest BCUT2D eigenvalue weighted by atomic mass is 35.5. The van der Waals surface area contributed by atoms with Crippen LogP contribution in [0.15, 0.2) is 64.4 Å². The van der Waals surface area contributed by atoms with Crippen molar-refractivity contribution < 1.29 is 61.4 Å². The van der Waals surface area contributed by atoms with Gasteiger partial charge in [-0.05, 0) is 11.6 Å². The van der Waals surface area contributed by atoms with Crippen molar-refractivity contribution in [2.45, 2.75) is 31.1 Å². The largest absolute Gasteiger partial charge is 0.490 e. The molecular formula is C21H23ClN3O15P3. The van der Waals surface area contributed by atoms with Crippen LogP contribution in [-0.2, 0) is 38.1 Å². The molecule has 0 bridgehead atoms. The molecule has 0 aliphatic carbocycles. The number of hydrogen-bond donors (Lipinski definition) is 6. The average molecular weight is 686 g/mol. The maximum absolute atomic E-state index is 13.3. The lowest BCUT2D eigenvalue weighted by molar-refractivity contribution is -0.0547. The molecule has 6 N–H and O–H groups in total. The fourth-order valence-corrected chi connectivity index (χ4v) is 7.25. The number of aromatic nitrogens is 3. The van der Waals surface area contributed by atoms with E-state index in [1.54, 1.807) is 30.3 Å². The van der Waals surface area contributed by atoms with Gasteiger partial charge in [0.25, 0.3) is 5.56 Å². The van der Waals surface area contributed by atoms with Crippen LogP contribution in [0, 0.1) is 0 Å². The minimum absolute atomic E-state index is 0.280. The second kappa shape index (κ2) is 12.9. The lowest BCUT2D eigenvalue weighted by atomic mass is 10.1. The zero-order valence-electron chi connectivity index (χ0n) is 21.3. The number of ether oxygens (including phenoxy) is 1. The fourth-order valence-electron chi connectivity index (χ4n) is 4.01. The number of halogens is 1. The normalized spacial score (nSPS) is 23.5. The third-order valence-corrected chi connectivity index (χ3v) is 9.95. The van der Waals surface area contributed by atoms with Crippen LogP contribution in [0.4, 0.5) is 0 Å². The van der Waals surface area contributed by atoms with E-state index in [9.17, 15) is 43.3 Å². The number of rotatable bonds is 11. The molecule has 6 atom stereocenters. The predicted octanol–water partition coefficient (Wildman–Crippen LogP) is 0.736. The molecule has 1 aromatic carbocycles. The summed E-state index contributed by atoms with van der Waals surface area (Å²) < 4.78 is 52.8. The highest BCUT2D eigenvalue weighted by Crippen LogP contribution is 2.66. The lowest BCUT2D eigenvalue weighted by Gasteiger charge is -2.19. The van der Waals surface area contributed by atoms with Crippen LogP contribution in [-0.4, -0.2) is 68.8 Å². The van der Waals surface area contributed by atoms with Gasteiger partial charge in [0.05, 0.1) is 23.9 Å². The van der Waals surface area contributed by atoms with Crippen LogP contribution in [0.1, 0.15) is 11.9 Å². The molecule has 2 aromatic heterocycles. The molecule has 22 heteroatoms. The van der Waals surface area contributed by atoms with Gasteiger partial charge in [-0.2, -0.15) is 8.62 Å². The minimum atomic E-state index is -5.80. The minimum Gasteiger partial charge on any atom is -0.387 e. The first-order chi connectivity index (χ1) is 20.0. The third kappa shape index (κ3) is 8.42. The second-order valence-electron chi connectivity index (χ2n) is 8.88. The summed E-state index contributed by atoms with van der Waals surface area (Å²) in [6.07, 6.45) is -4.68. The van der Waals surface area contributed by atoms with E-state index in [0.717, 1.165) is 27.0 Å². The summed E-state index contributed by atoms with van der Waals surface area (Å²) in [6, 6.07) is 11.6. The second-order valence-corrected chi connectivity index (χ2v) is 13.7. The zero-order valence-corrected chi connectivity index (χ0v) is 24.8. The summed E-state index contributed by atoms with van der Waals surface area (Å²) in [6.45, 7) is -1.42. The van der Waals surface area contributed by atoms with Crippen LogP contribution >= 0.6 is 35.1 Å². The molecule has 1 aliphatic heterocycles. The average Bonchev–Trinajstić information content (AvgIpc) is 3.18. The first kappa shape index (κ1) is 33.5. The number of nitrogens with zero attached hydrogens (tertiary/aromatic N) is 3. The van der Waals surface area contributed by atoms with Crippen LogP contribution in [0.5, 0.6) is 0 Å². The van der Waals surface area contributed by atoms with Crippen molar-refractivity contribution in [3.63, 3.8) is 0 Å². The topological polar surface area (TPSA) is 266 Å². The summed E-state index contributed by atoms with van der Waals surface area (Å²) in [5, 5.41) is 21.2. The van der Waals surface area contributed by atoms with Gasteiger partial charge in [0.1, 0.15) is 18.3 Å². The van der Waals surface area contributed by atoms with Gasteiger partial charge < -0.3 is 34.5 Å². The lowest BCUT2D eigenvalue weighted by Crippen LogP contribution is -2.43. The van der Waals surface area contributed by atoms with Gasteiger partial charge in [0.2, 0.25) is 0 Å². The van der Waals surface area contributed by atoms with Crippen LogP contribution < -0.4 is 11.2 Å². The van der Waals surface area contributed by atoms with E-state index < -0.39 is 65.9 Å². The molecule has 0 amide bonds. The SMILES string of the molecule is O=c1ccn([C@@H]2O[C@H](COP(=O)(O)OP(=O)(O)OP(=O)(O)O)C(O)[C@@H]2O)c(=O)n1Cc1cc(-c2ccccc2)c(Cl)cn1. The number of phosphoric ester groups is 1. The monoisotopic (exact) mass is 685 g/mol. The predicted molar refractivity (Wildman–Crippen MR) is 144 cm³/mol. The Balaban J connectivity index is 1.52. The molecule has 18 nitrogen and oxygen atoms in total. The van der Waals surface area contributed by atoms with Crippen LogP contribution in [0.3, 0.4) is 0 Å². The van der Waals surface area contributed by atoms with E-state index in [-0.39, 0.29) is 12.2 Å². The number of benzene rings is 1. The van der Waals surface area contributed by atoms with E-state index in [0.29, 0.717) is 10.6 Å². The Morgan fingerprint density at radius 1 is 0.953 bits per heavy atom. The maximum Gasteiger partial charge on any atom is 0.490 e. The Morgan fingerprint density at radius 3 is 2.28 bits per heavy atom. The summed E-state index contributed by atoms with van der Waals surface area (Å²) in [5.41, 5.74) is -0.102. The summed E-state index contributed by atoms with van der Waals surface area (Å²) in [5.74, 6) is 0. The zero-order chi connectivity index (χ0) is 31.7. The molecule has 3 unspecified atom stereocenters. The molecule has 1 fully saturated rings. The van der Waals surface area contributed by atoms with Gasteiger partial charge in [-0.15, -0.1) is 0 Å². The molecule has 3 aromatic rings. The number of aliphatic hydroxyl groups excluding tert-OH is 2. The van der Waals surface area contributed by atoms with Crippen molar-refractivity contribution in [3.05, 3.63) is 86.4 Å². The molecule has 1 saturated heterocycles. The highest BCUT2D eigenvalue weighted by Gasteiger charge is 2.47. The van der Waals surface area contributed by atoms with E-state index in [2.05, 4.69) is 18.1 Å². The Labute approximate surface area is 245 Å². The van der Waals surface area contributed by atoms with Gasteiger partial charge in [0.15, 0.2) is 6.23 Å². The molecular weight excluding hydrogens is 663 g/mol. The Hall–Kier alpha value is -2.37. The Kier molecular flexibility index (Phi) is 10.1. The van der Waals surface area contributed by atoms with Crippen molar-refractivity contribution in [1.82, 2.24) is 14.1 Å². The van der Waals surface area contributed by atoms with Crippen molar-refractivity contribution >= 4 is 35.1 Å². The molecule has 4 rings (SSSR count). The molecule has 3 heterocycles. The molecule has 0 spiro atoms. The molecule has 1 aliphatic rings. The number of phosphoric acid groups is 3. The van der Waals surface area contributed by atoms with E-state index in [1.807, 2.05) is 6.07 Å². The van der Waals surface area contributed by atoms with E-state index >= 15 is 0 Å². The van der Waals surface area contributed by atoms with Gasteiger partial charge in [-0.1, -0.05) is 41.9 Å². The first-order valence-electron chi connectivity index (χ1n) is 11.8. The number of hydrogen-bond acceptors (Lipinski definition) is 12. The Morgan fingerprint density at radius 2 is 1.63 bits per heavy atom. The quantitative estimate of drug-likeness (QED) is 0.152. The van der Waals surface area contributed by atoms with Gasteiger partial charge in [-0.3, -0.25) is 23.4 Å². The summed E-state index contributed by atoms with van der Waals surface area (Å²) >= 11 is 6.28. The Bertz CT molecular complexity index is 1750. The van der Waals surface area contributed by atoms with Crippen LogP contribution in [0.25, 0.3) is 11.1 Å². The summed E-state index contributed by atoms with van der Waals surface area (Å²) in [4.78, 5) is 66.1. The van der Waals surface area contributed by atoms with Crippen molar-refractivity contribution in [1.29, 1.82) is 0 Å². The number of aliphatic hydroxyl groups is 2. The molecule has 0 saturated carbocycles.